The third-order valence-corrected chi connectivity index (χ3v) is 3.38. The van der Waals surface area contributed by atoms with Crippen LogP contribution in [0.2, 0.25) is 0 Å². The van der Waals surface area contributed by atoms with Crippen molar-refractivity contribution in [2.45, 2.75) is 0 Å². The number of rotatable bonds is 5. The Morgan fingerprint density at radius 2 is 1.21 bits per heavy atom. The first-order valence-electron chi connectivity index (χ1n) is 7.30. The molecule has 0 radical (unpaired) electrons. The van der Waals surface area contributed by atoms with Gasteiger partial charge in [0.15, 0.2) is 5.78 Å². The number of nitrogens with zero attached hydrogens (tertiary/aromatic N) is 1. The molecule has 3 aromatic rings. The number of carbonyl (C=O) groups excluding carboxylic acids is 1. The van der Waals surface area contributed by atoms with Crippen molar-refractivity contribution >= 4 is 5.78 Å². The number of benzene rings is 3. The molecular formula is C20H13NO3. The minimum atomic E-state index is -0.0276. The van der Waals surface area contributed by atoms with Crippen molar-refractivity contribution in [2.24, 2.45) is 0 Å². The zero-order valence-electron chi connectivity index (χ0n) is 12.7. The summed E-state index contributed by atoms with van der Waals surface area (Å²) in [6.45, 7) is 0. The van der Waals surface area contributed by atoms with Crippen LogP contribution in [0.4, 0.5) is 0 Å². The Kier molecular flexibility index (Phi) is 4.55. The van der Waals surface area contributed by atoms with E-state index in [-0.39, 0.29) is 5.78 Å². The van der Waals surface area contributed by atoms with Crippen LogP contribution in [0.5, 0.6) is 17.2 Å². The van der Waals surface area contributed by atoms with Gasteiger partial charge in [-0.2, -0.15) is 0 Å². The standard InChI is InChI=1S/C20H13NO3/c21-14-23-17-10-12-19(13-11-17)24-18-8-6-16(7-9-18)20(22)15-4-2-1-3-5-15/h1-13H. The number of nitriles is 1. The largest absolute Gasteiger partial charge is 0.457 e. The van der Waals surface area contributed by atoms with Gasteiger partial charge in [-0.1, -0.05) is 30.3 Å². The lowest BCUT2D eigenvalue weighted by atomic mass is 10.0. The lowest BCUT2D eigenvalue weighted by molar-refractivity contribution is 0.103. The van der Waals surface area contributed by atoms with Gasteiger partial charge in [0.05, 0.1) is 0 Å². The first-order valence-corrected chi connectivity index (χ1v) is 7.30. The van der Waals surface area contributed by atoms with Gasteiger partial charge in [-0.05, 0) is 48.5 Å². The van der Waals surface area contributed by atoms with Gasteiger partial charge in [-0.3, -0.25) is 4.79 Å². The zero-order valence-corrected chi connectivity index (χ0v) is 12.7. The Balaban J connectivity index is 1.70. The fourth-order valence-corrected chi connectivity index (χ4v) is 2.20. The molecule has 0 spiro atoms. The van der Waals surface area contributed by atoms with E-state index in [1.165, 1.54) is 0 Å². The molecule has 116 valence electrons. The normalized spacial score (nSPS) is 9.79. The molecule has 0 aliphatic heterocycles. The minimum Gasteiger partial charge on any atom is -0.457 e. The summed E-state index contributed by atoms with van der Waals surface area (Å²) in [5.74, 6) is 1.66. The molecule has 0 saturated heterocycles. The van der Waals surface area contributed by atoms with Gasteiger partial charge in [-0.15, -0.1) is 5.26 Å². The maximum absolute atomic E-state index is 12.3. The van der Waals surface area contributed by atoms with E-state index in [0.717, 1.165) is 0 Å². The number of carbonyl (C=O) groups is 1. The van der Waals surface area contributed by atoms with Crippen LogP contribution in [0, 0.1) is 11.5 Å². The van der Waals surface area contributed by atoms with Crippen LogP contribution in [-0.2, 0) is 0 Å². The lowest BCUT2D eigenvalue weighted by Crippen LogP contribution is -2.00. The molecule has 24 heavy (non-hydrogen) atoms. The molecule has 4 nitrogen and oxygen atoms in total. The van der Waals surface area contributed by atoms with Crippen molar-refractivity contribution in [1.29, 1.82) is 5.26 Å². The van der Waals surface area contributed by atoms with Crippen LogP contribution < -0.4 is 9.47 Å². The third-order valence-electron chi connectivity index (χ3n) is 3.38. The van der Waals surface area contributed by atoms with Crippen LogP contribution in [0.25, 0.3) is 0 Å². The first kappa shape index (κ1) is 15.3. The maximum atomic E-state index is 12.3. The average Bonchev–Trinajstić information content (AvgIpc) is 2.64. The molecule has 0 fully saturated rings. The van der Waals surface area contributed by atoms with E-state index in [1.807, 2.05) is 18.2 Å². The predicted molar refractivity (Wildman–Crippen MR) is 89.1 cm³/mol. The monoisotopic (exact) mass is 315 g/mol. The molecule has 0 amide bonds. The summed E-state index contributed by atoms with van der Waals surface area (Å²) in [5, 5.41) is 8.45. The van der Waals surface area contributed by atoms with E-state index in [2.05, 4.69) is 0 Å². The van der Waals surface area contributed by atoms with E-state index >= 15 is 0 Å². The number of hydrogen-bond acceptors (Lipinski definition) is 4. The highest BCUT2D eigenvalue weighted by atomic mass is 16.5. The van der Waals surface area contributed by atoms with Crippen molar-refractivity contribution in [1.82, 2.24) is 0 Å². The smallest absolute Gasteiger partial charge is 0.292 e. The molecule has 0 unspecified atom stereocenters. The predicted octanol–water partition coefficient (Wildman–Crippen LogP) is 4.57. The molecule has 0 N–H and O–H groups in total. The van der Waals surface area contributed by atoms with Gasteiger partial charge in [0.2, 0.25) is 0 Å². The van der Waals surface area contributed by atoms with Gasteiger partial charge < -0.3 is 9.47 Å². The Morgan fingerprint density at radius 3 is 1.79 bits per heavy atom. The van der Waals surface area contributed by atoms with E-state index in [0.29, 0.717) is 28.4 Å². The Bertz CT molecular complexity index is 864. The Labute approximate surface area is 139 Å². The lowest BCUT2D eigenvalue weighted by Gasteiger charge is -2.07. The summed E-state index contributed by atoms with van der Waals surface area (Å²) >= 11 is 0. The second kappa shape index (κ2) is 7.12. The van der Waals surface area contributed by atoms with Crippen molar-refractivity contribution in [3.8, 4) is 23.5 Å². The van der Waals surface area contributed by atoms with Gasteiger partial charge >= 0.3 is 0 Å². The summed E-state index contributed by atoms with van der Waals surface area (Å²) in [7, 11) is 0. The summed E-state index contributed by atoms with van der Waals surface area (Å²) in [6.07, 6.45) is 1.61. The highest BCUT2D eigenvalue weighted by Crippen LogP contribution is 2.24. The van der Waals surface area contributed by atoms with Gasteiger partial charge in [0.25, 0.3) is 6.26 Å². The second-order valence-electron chi connectivity index (χ2n) is 4.99. The fourth-order valence-electron chi connectivity index (χ4n) is 2.20. The zero-order chi connectivity index (χ0) is 16.8. The van der Waals surface area contributed by atoms with Crippen LogP contribution in [-0.4, -0.2) is 5.78 Å². The van der Waals surface area contributed by atoms with Crippen LogP contribution in [0.3, 0.4) is 0 Å². The summed E-state index contributed by atoms with van der Waals surface area (Å²) < 4.78 is 10.4. The summed E-state index contributed by atoms with van der Waals surface area (Å²) in [6, 6.07) is 22.8. The van der Waals surface area contributed by atoms with Crippen molar-refractivity contribution in [3.63, 3.8) is 0 Å². The highest BCUT2D eigenvalue weighted by molar-refractivity contribution is 6.08. The molecule has 0 atom stereocenters. The quantitative estimate of drug-likeness (QED) is 0.511. The molecule has 3 aromatic carbocycles. The van der Waals surface area contributed by atoms with Crippen molar-refractivity contribution < 1.29 is 14.3 Å². The fraction of sp³-hybridized carbons (Fsp3) is 0. The van der Waals surface area contributed by atoms with E-state index < -0.39 is 0 Å². The van der Waals surface area contributed by atoms with Gasteiger partial charge in [0, 0.05) is 11.1 Å². The number of ether oxygens (including phenoxy) is 2. The Hall–Kier alpha value is -3.58. The number of hydrogen-bond donors (Lipinski definition) is 0. The SMILES string of the molecule is N#COc1ccc(Oc2ccc(C(=O)c3ccccc3)cc2)cc1. The van der Waals surface area contributed by atoms with E-state index in [1.54, 1.807) is 66.9 Å². The summed E-state index contributed by atoms with van der Waals surface area (Å²) in [5.41, 5.74) is 1.26. The molecule has 0 aromatic heterocycles. The first-order chi connectivity index (χ1) is 11.8. The van der Waals surface area contributed by atoms with Crippen LogP contribution in [0.1, 0.15) is 15.9 Å². The van der Waals surface area contributed by atoms with Crippen molar-refractivity contribution in [3.05, 3.63) is 90.0 Å². The van der Waals surface area contributed by atoms with E-state index in [4.69, 9.17) is 14.7 Å². The summed E-state index contributed by atoms with van der Waals surface area (Å²) in [4.78, 5) is 12.3. The average molecular weight is 315 g/mol. The van der Waals surface area contributed by atoms with Gasteiger partial charge in [-0.25, -0.2) is 0 Å². The molecular weight excluding hydrogens is 302 g/mol. The molecule has 0 heterocycles. The molecule has 0 aliphatic carbocycles. The molecule has 0 aliphatic rings. The third kappa shape index (κ3) is 3.60. The molecule has 0 bridgehead atoms. The van der Waals surface area contributed by atoms with Crippen LogP contribution >= 0.6 is 0 Å². The second-order valence-corrected chi connectivity index (χ2v) is 4.99. The topological polar surface area (TPSA) is 59.3 Å². The minimum absolute atomic E-state index is 0.0276. The highest BCUT2D eigenvalue weighted by Gasteiger charge is 2.08. The number of ketones is 1. The van der Waals surface area contributed by atoms with Gasteiger partial charge in [0.1, 0.15) is 17.2 Å². The molecule has 0 saturated carbocycles. The maximum Gasteiger partial charge on any atom is 0.292 e. The van der Waals surface area contributed by atoms with Crippen molar-refractivity contribution in [2.75, 3.05) is 0 Å². The Morgan fingerprint density at radius 1 is 0.708 bits per heavy atom. The van der Waals surface area contributed by atoms with E-state index in [9.17, 15) is 4.79 Å². The van der Waals surface area contributed by atoms with Crippen LogP contribution in [0.15, 0.2) is 78.9 Å². The molecule has 4 heteroatoms. The molecule has 3 rings (SSSR count).